The van der Waals surface area contributed by atoms with Gasteiger partial charge in [0.05, 0.1) is 11.3 Å². The number of carbonyl (C=O) groups is 2. The van der Waals surface area contributed by atoms with Crippen molar-refractivity contribution < 1.29 is 14.3 Å². The first-order chi connectivity index (χ1) is 14.1. The largest absolute Gasteiger partial charge is 0.427 e. The summed E-state index contributed by atoms with van der Waals surface area (Å²) in [5, 5.41) is 12.1. The maximum Gasteiger partial charge on any atom is 0.308 e. The molecule has 0 aliphatic rings. The molecular weight excluding hydrogens is 364 g/mol. The minimum absolute atomic E-state index is 0.286. The van der Waals surface area contributed by atoms with Gasteiger partial charge in [0.25, 0.3) is 5.91 Å². The number of carbonyl (C=O) groups excluding carboxylic acids is 2. The van der Waals surface area contributed by atoms with E-state index in [4.69, 9.17) is 4.74 Å². The summed E-state index contributed by atoms with van der Waals surface area (Å²) in [5.41, 5.74) is 2.97. The number of rotatable bonds is 4. The van der Waals surface area contributed by atoms with Crippen LogP contribution >= 0.6 is 0 Å². The lowest BCUT2D eigenvalue weighted by molar-refractivity contribution is -0.131. The van der Waals surface area contributed by atoms with E-state index in [0.29, 0.717) is 16.8 Å². The van der Waals surface area contributed by atoms with E-state index in [0.717, 1.165) is 11.1 Å². The van der Waals surface area contributed by atoms with Crippen molar-refractivity contribution in [3.63, 3.8) is 0 Å². The summed E-state index contributed by atoms with van der Waals surface area (Å²) in [6, 6.07) is 23.3. The van der Waals surface area contributed by atoms with Gasteiger partial charge >= 0.3 is 5.97 Å². The molecule has 1 N–H and O–H groups in total. The van der Waals surface area contributed by atoms with Crippen molar-refractivity contribution in [3.05, 3.63) is 83.9 Å². The second-order valence-corrected chi connectivity index (χ2v) is 5.81. The van der Waals surface area contributed by atoms with Gasteiger partial charge in [-0.3, -0.25) is 9.59 Å². The first-order valence-electron chi connectivity index (χ1n) is 9.26. The lowest BCUT2D eigenvalue weighted by Gasteiger charge is -2.10. The molecule has 0 bridgehead atoms. The monoisotopic (exact) mass is 386 g/mol. The summed E-state index contributed by atoms with van der Waals surface area (Å²) >= 11 is 0. The third-order valence-corrected chi connectivity index (χ3v) is 3.85. The normalized spacial score (nSPS) is 9.45. The molecule has 0 saturated carbocycles. The molecule has 0 spiro atoms. The lowest BCUT2D eigenvalue weighted by atomic mass is 10.0. The van der Waals surface area contributed by atoms with Crippen LogP contribution in [-0.4, -0.2) is 11.9 Å². The van der Waals surface area contributed by atoms with Crippen molar-refractivity contribution in [3.8, 4) is 22.9 Å². The summed E-state index contributed by atoms with van der Waals surface area (Å²) in [6.45, 7) is 5.29. The van der Waals surface area contributed by atoms with Crippen LogP contribution in [0.15, 0.2) is 72.8 Å². The van der Waals surface area contributed by atoms with Crippen LogP contribution in [0, 0.1) is 11.3 Å². The Morgan fingerprint density at radius 2 is 1.62 bits per heavy atom. The lowest BCUT2D eigenvalue weighted by Crippen LogP contribution is -2.13. The highest BCUT2D eigenvalue weighted by molar-refractivity contribution is 6.05. The number of anilines is 1. The third-order valence-electron chi connectivity index (χ3n) is 3.85. The average Bonchev–Trinajstić information content (AvgIpc) is 2.75. The Morgan fingerprint density at radius 3 is 2.28 bits per heavy atom. The first-order valence-corrected chi connectivity index (χ1v) is 9.26. The zero-order valence-corrected chi connectivity index (χ0v) is 16.6. The van der Waals surface area contributed by atoms with E-state index in [1.54, 1.807) is 30.3 Å². The molecule has 0 radical (unpaired) electrons. The fourth-order valence-corrected chi connectivity index (χ4v) is 2.62. The van der Waals surface area contributed by atoms with Crippen molar-refractivity contribution in [2.45, 2.75) is 20.8 Å². The summed E-state index contributed by atoms with van der Waals surface area (Å²) in [6.07, 6.45) is 0. The zero-order chi connectivity index (χ0) is 21.2. The zero-order valence-electron chi connectivity index (χ0n) is 16.6. The molecule has 3 rings (SSSR count). The highest BCUT2D eigenvalue weighted by Crippen LogP contribution is 2.26. The van der Waals surface area contributed by atoms with E-state index in [9.17, 15) is 14.9 Å². The van der Waals surface area contributed by atoms with Crippen LogP contribution in [0.2, 0.25) is 0 Å². The summed E-state index contributed by atoms with van der Waals surface area (Å²) in [7, 11) is 0. The number of amides is 1. The molecule has 146 valence electrons. The highest BCUT2D eigenvalue weighted by Gasteiger charge is 2.12. The van der Waals surface area contributed by atoms with Crippen molar-refractivity contribution in [1.29, 1.82) is 5.26 Å². The molecule has 3 aromatic carbocycles. The topological polar surface area (TPSA) is 79.2 Å². The van der Waals surface area contributed by atoms with E-state index in [-0.39, 0.29) is 5.75 Å². The Balaban J connectivity index is 0.00000145. The van der Waals surface area contributed by atoms with E-state index in [1.807, 2.05) is 50.2 Å². The Hall–Kier alpha value is -3.91. The van der Waals surface area contributed by atoms with Crippen LogP contribution in [-0.2, 0) is 4.79 Å². The molecule has 0 aromatic heterocycles. The van der Waals surface area contributed by atoms with Crippen molar-refractivity contribution in [2.75, 3.05) is 5.32 Å². The maximum absolute atomic E-state index is 12.6. The first kappa shape index (κ1) is 21.4. The smallest absolute Gasteiger partial charge is 0.308 e. The molecule has 0 atom stereocenters. The Morgan fingerprint density at radius 1 is 0.897 bits per heavy atom. The molecule has 0 heterocycles. The Bertz CT molecular complexity index is 1040. The van der Waals surface area contributed by atoms with Crippen LogP contribution < -0.4 is 10.1 Å². The second kappa shape index (κ2) is 10.4. The van der Waals surface area contributed by atoms with Crippen molar-refractivity contribution in [2.24, 2.45) is 0 Å². The van der Waals surface area contributed by atoms with E-state index in [2.05, 4.69) is 11.4 Å². The molecule has 0 unspecified atom stereocenters. The summed E-state index contributed by atoms with van der Waals surface area (Å²) in [4.78, 5) is 23.7. The van der Waals surface area contributed by atoms with Crippen molar-refractivity contribution in [1.82, 2.24) is 0 Å². The fourth-order valence-electron chi connectivity index (χ4n) is 2.62. The summed E-state index contributed by atoms with van der Waals surface area (Å²) in [5.74, 6) is -0.575. The molecule has 1 amide bonds. The highest BCUT2D eigenvalue weighted by atomic mass is 16.5. The Kier molecular flexibility index (Phi) is 7.69. The Labute approximate surface area is 170 Å². The van der Waals surface area contributed by atoms with Crippen LogP contribution in [0.4, 0.5) is 5.69 Å². The van der Waals surface area contributed by atoms with Gasteiger partial charge in [-0.1, -0.05) is 56.3 Å². The van der Waals surface area contributed by atoms with E-state index >= 15 is 0 Å². The van der Waals surface area contributed by atoms with Gasteiger partial charge in [-0.2, -0.15) is 5.26 Å². The van der Waals surface area contributed by atoms with Crippen LogP contribution in [0.1, 0.15) is 36.7 Å². The van der Waals surface area contributed by atoms with Crippen LogP contribution in [0.5, 0.6) is 5.75 Å². The number of nitrogens with zero attached hydrogens (tertiary/aromatic N) is 1. The predicted molar refractivity (Wildman–Crippen MR) is 114 cm³/mol. The number of esters is 1. The van der Waals surface area contributed by atoms with E-state index in [1.165, 1.54) is 13.0 Å². The maximum atomic E-state index is 12.6. The van der Waals surface area contributed by atoms with Gasteiger partial charge in [-0.05, 0) is 41.5 Å². The molecule has 0 aliphatic heterocycles. The minimum atomic E-state index is -0.463. The molecule has 29 heavy (non-hydrogen) atoms. The number of hydrogen-bond donors (Lipinski definition) is 1. The SMILES string of the molecule is CC.CC(=O)Oc1cccc(C(=O)Nc2cc(-c3ccccc3)ccc2C#N)c1. The van der Waals surface area contributed by atoms with Crippen LogP contribution in [0.25, 0.3) is 11.1 Å². The number of benzene rings is 3. The number of nitrogens with one attached hydrogen (secondary N) is 1. The van der Waals surface area contributed by atoms with Gasteiger partial charge in [-0.15, -0.1) is 0 Å². The number of nitriles is 1. The minimum Gasteiger partial charge on any atom is -0.427 e. The van der Waals surface area contributed by atoms with Crippen LogP contribution in [0.3, 0.4) is 0 Å². The molecule has 0 saturated heterocycles. The quantitative estimate of drug-likeness (QED) is 0.479. The number of hydrogen-bond acceptors (Lipinski definition) is 4. The third kappa shape index (κ3) is 5.78. The van der Waals surface area contributed by atoms with Gasteiger partial charge in [-0.25, -0.2) is 0 Å². The van der Waals surface area contributed by atoms with Gasteiger partial charge < -0.3 is 10.1 Å². The van der Waals surface area contributed by atoms with Gasteiger partial charge in [0, 0.05) is 12.5 Å². The molecule has 0 aliphatic carbocycles. The van der Waals surface area contributed by atoms with Crippen molar-refractivity contribution >= 4 is 17.6 Å². The standard InChI is InChI=1S/C22H16N2O3.C2H6/c1-15(25)27-20-9-5-8-18(12-20)22(26)24-21-13-17(10-11-19(21)14-23)16-6-3-2-4-7-16;1-2/h2-13H,1H3,(H,24,26);1-2H3. The molecular formula is C24H22N2O3. The second-order valence-electron chi connectivity index (χ2n) is 5.81. The van der Waals surface area contributed by atoms with E-state index < -0.39 is 11.9 Å². The summed E-state index contributed by atoms with van der Waals surface area (Å²) < 4.78 is 5.01. The molecule has 5 heteroatoms. The number of ether oxygens (including phenoxy) is 1. The predicted octanol–water partition coefficient (Wildman–Crippen LogP) is 5.43. The molecule has 3 aromatic rings. The molecule has 5 nitrogen and oxygen atoms in total. The van der Waals surface area contributed by atoms with Gasteiger partial charge in [0.2, 0.25) is 0 Å². The fraction of sp³-hybridized carbons (Fsp3) is 0.125. The van der Waals surface area contributed by atoms with Gasteiger partial charge in [0.1, 0.15) is 11.8 Å². The molecule has 0 fully saturated rings. The average molecular weight is 386 g/mol. The van der Waals surface area contributed by atoms with Gasteiger partial charge in [0.15, 0.2) is 0 Å².